The first kappa shape index (κ1) is 8.63. The van der Waals surface area contributed by atoms with E-state index < -0.39 is 5.97 Å². The van der Waals surface area contributed by atoms with E-state index in [-0.39, 0.29) is 6.42 Å². The van der Waals surface area contributed by atoms with Crippen molar-refractivity contribution in [2.45, 2.75) is 26.3 Å². The van der Waals surface area contributed by atoms with E-state index in [1.807, 2.05) is 6.92 Å². The van der Waals surface area contributed by atoms with Crippen LogP contribution in [0.25, 0.3) is 0 Å². The highest BCUT2D eigenvalue weighted by molar-refractivity contribution is 5.68. The van der Waals surface area contributed by atoms with E-state index in [4.69, 9.17) is 5.11 Å². The summed E-state index contributed by atoms with van der Waals surface area (Å²) in [5.41, 5.74) is 0. The summed E-state index contributed by atoms with van der Waals surface area (Å²) in [5, 5.41) is 19.1. The zero-order valence-electron chi connectivity index (χ0n) is 6.77. The second kappa shape index (κ2) is 3.80. The molecule has 0 unspecified atom stereocenters. The lowest BCUT2D eigenvalue weighted by atomic mass is 10.4. The molecule has 0 aliphatic heterocycles. The number of carboxylic acid groups (broad SMARTS) is 1. The van der Waals surface area contributed by atoms with Crippen molar-refractivity contribution in [3.8, 4) is 0 Å². The van der Waals surface area contributed by atoms with Gasteiger partial charge in [-0.2, -0.15) is 0 Å². The summed E-state index contributed by atoms with van der Waals surface area (Å²) in [6, 6.07) is 0. The Bertz CT molecular complexity index is 270. The smallest absolute Gasteiger partial charge is 0.311 e. The maximum absolute atomic E-state index is 10.3. The third kappa shape index (κ3) is 2.01. The maximum Gasteiger partial charge on any atom is 0.311 e. The van der Waals surface area contributed by atoms with Crippen molar-refractivity contribution in [3.63, 3.8) is 0 Å². The first-order valence-electron chi connectivity index (χ1n) is 3.71. The predicted octanol–water partition coefficient (Wildman–Crippen LogP) is -0.290. The Morgan fingerprint density at radius 2 is 2.42 bits per heavy atom. The third-order valence-corrected chi connectivity index (χ3v) is 1.35. The lowest BCUT2D eigenvalue weighted by Gasteiger charge is -1.98. The average Bonchev–Trinajstić information content (AvgIpc) is 2.37. The van der Waals surface area contributed by atoms with Gasteiger partial charge in [0.2, 0.25) is 0 Å². The maximum atomic E-state index is 10.3. The Hall–Kier alpha value is -1.46. The van der Waals surface area contributed by atoms with Gasteiger partial charge in [-0.05, 0) is 16.8 Å². The minimum Gasteiger partial charge on any atom is -0.481 e. The van der Waals surface area contributed by atoms with E-state index in [1.165, 1.54) is 4.68 Å². The van der Waals surface area contributed by atoms with Gasteiger partial charge >= 0.3 is 5.97 Å². The first-order chi connectivity index (χ1) is 5.74. The molecule has 0 bridgehead atoms. The molecule has 1 rings (SSSR count). The summed E-state index contributed by atoms with van der Waals surface area (Å²) >= 11 is 0. The third-order valence-electron chi connectivity index (χ3n) is 1.35. The number of carbonyl (C=O) groups is 1. The molecule has 0 spiro atoms. The summed E-state index contributed by atoms with van der Waals surface area (Å²) in [5.74, 6) is -0.508. The van der Waals surface area contributed by atoms with Gasteiger partial charge in [0.1, 0.15) is 6.42 Å². The molecule has 0 saturated carbocycles. The van der Waals surface area contributed by atoms with Crippen molar-refractivity contribution in [2.75, 3.05) is 0 Å². The Balaban J connectivity index is 2.69. The van der Waals surface area contributed by atoms with Gasteiger partial charge in [0.05, 0.1) is 0 Å². The number of aromatic nitrogens is 4. The molecule has 0 aromatic carbocycles. The molecule has 1 aromatic rings. The quantitative estimate of drug-likeness (QED) is 0.671. The number of aryl methyl sites for hydroxylation is 1. The highest BCUT2D eigenvalue weighted by atomic mass is 16.4. The molecule has 0 radical (unpaired) electrons. The van der Waals surface area contributed by atoms with E-state index in [9.17, 15) is 4.79 Å². The molecule has 12 heavy (non-hydrogen) atoms. The van der Waals surface area contributed by atoms with Crippen molar-refractivity contribution in [1.29, 1.82) is 0 Å². The number of tetrazole rings is 1. The van der Waals surface area contributed by atoms with Crippen LogP contribution in [0.2, 0.25) is 0 Å². The van der Waals surface area contributed by atoms with Crippen molar-refractivity contribution in [3.05, 3.63) is 5.82 Å². The Morgan fingerprint density at radius 3 is 3.00 bits per heavy atom. The zero-order chi connectivity index (χ0) is 8.97. The summed E-state index contributed by atoms with van der Waals surface area (Å²) in [6.07, 6.45) is 0.769. The number of aliphatic carboxylic acids is 1. The van der Waals surface area contributed by atoms with Crippen molar-refractivity contribution in [1.82, 2.24) is 20.2 Å². The molecule has 0 amide bonds. The van der Waals surface area contributed by atoms with Gasteiger partial charge in [-0.3, -0.25) is 4.79 Å². The molecule has 0 aliphatic rings. The molecule has 1 N–H and O–H groups in total. The second-order valence-electron chi connectivity index (χ2n) is 2.39. The van der Waals surface area contributed by atoms with Crippen LogP contribution < -0.4 is 0 Å². The molecule has 0 atom stereocenters. The average molecular weight is 170 g/mol. The molecule has 1 aromatic heterocycles. The van der Waals surface area contributed by atoms with Crippen LogP contribution in [0.3, 0.4) is 0 Å². The molecule has 6 heteroatoms. The van der Waals surface area contributed by atoms with Crippen LogP contribution in [0.1, 0.15) is 19.2 Å². The summed E-state index contributed by atoms with van der Waals surface area (Å²) in [4.78, 5) is 10.3. The van der Waals surface area contributed by atoms with Gasteiger partial charge in [0.25, 0.3) is 0 Å². The molecule has 0 aliphatic carbocycles. The lowest BCUT2D eigenvalue weighted by Crippen LogP contribution is -2.10. The molecular weight excluding hydrogens is 160 g/mol. The highest BCUT2D eigenvalue weighted by Crippen LogP contribution is 1.94. The van der Waals surface area contributed by atoms with E-state index in [1.54, 1.807) is 0 Å². The molecule has 1 heterocycles. The molecule has 0 fully saturated rings. The van der Waals surface area contributed by atoms with Crippen molar-refractivity contribution < 1.29 is 9.90 Å². The molecular formula is C6H10N4O2. The number of carboxylic acids is 1. The van der Waals surface area contributed by atoms with Crippen molar-refractivity contribution >= 4 is 5.97 Å². The minimum atomic E-state index is -0.915. The topological polar surface area (TPSA) is 80.9 Å². The van der Waals surface area contributed by atoms with Crippen molar-refractivity contribution in [2.24, 2.45) is 0 Å². The van der Waals surface area contributed by atoms with Gasteiger partial charge in [-0.1, -0.05) is 6.92 Å². The van der Waals surface area contributed by atoms with Crippen LogP contribution in [-0.4, -0.2) is 31.3 Å². The van der Waals surface area contributed by atoms with Crippen LogP contribution in [0.15, 0.2) is 0 Å². The van der Waals surface area contributed by atoms with Gasteiger partial charge in [-0.15, -0.1) is 5.10 Å². The number of hydrogen-bond acceptors (Lipinski definition) is 4. The van der Waals surface area contributed by atoms with E-state index >= 15 is 0 Å². The van der Waals surface area contributed by atoms with E-state index in [0.29, 0.717) is 12.4 Å². The summed E-state index contributed by atoms with van der Waals surface area (Å²) in [7, 11) is 0. The van der Waals surface area contributed by atoms with Crippen LogP contribution in [-0.2, 0) is 17.8 Å². The largest absolute Gasteiger partial charge is 0.481 e. The monoisotopic (exact) mass is 170 g/mol. The van der Waals surface area contributed by atoms with Crippen LogP contribution >= 0.6 is 0 Å². The molecule has 6 nitrogen and oxygen atoms in total. The predicted molar refractivity (Wildman–Crippen MR) is 39.4 cm³/mol. The Kier molecular flexibility index (Phi) is 2.73. The SMILES string of the molecule is CCCn1nnnc1CC(=O)O. The van der Waals surface area contributed by atoms with Gasteiger partial charge in [0, 0.05) is 6.54 Å². The van der Waals surface area contributed by atoms with Gasteiger partial charge < -0.3 is 5.11 Å². The first-order valence-corrected chi connectivity index (χ1v) is 3.71. The highest BCUT2D eigenvalue weighted by Gasteiger charge is 2.08. The molecule has 0 saturated heterocycles. The van der Waals surface area contributed by atoms with Crippen LogP contribution in [0.4, 0.5) is 0 Å². The fraction of sp³-hybridized carbons (Fsp3) is 0.667. The zero-order valence-corrected chi connectivity index (χ0v) is 6.77. The van der Waals surface area contributed by atoms with Gasteiger partial charge in [0.15, 0.2) is 5.82 Å². The number of hydrogen-bond donors (Lipinski definition) is 1. The Morgan fingerprint density at radius 1 is 1.67 bits per heavy atom. The normalized spacial score (nSPS) is 10.1. The fourth-order valence-electron chi connectivity index (χ4n) is 0.871. The molecule has 66 valence electrons. The summed E-state index contributed by atoms with van der Waals surface area (Å²) in [6.45, 7) is 2.64. The van der Waals surface area contributed by atoms with E-state index in [0.717, 1.165) is 6.42 Å². The second-order valence-corrected chi connectivity index (χ2v) is 2.39. The number of nitrogens with zero attached hydrogens (tertiary/aromatic N) is 4. The van der Waals surface area contributed by atoms with E-state index in [2.05, 4.69) is 15.5 Å². The fourth-order valence-corrected chi connectivity index (χ4v) is 0.871. The Labute approximate surface area is 69.2 Å². The number of rotatable bonds is 4. The van der Waals surface area contributed by atoms with Gasteiger partial charge in [-0.25, -0.2) is 4.68 Å². The van der Waals surface area contributed by atoms with Crippen LogP contribution in [0, 0.1) is 0 Å². The summed E-state index contributed by atoms with van der Waals surface area (Å²) < 4.78 is 1.51. The standard InChI is InChI=1S/C6H10N4O2/c1-2-3-10-5(4-6(11)12)7-8-9-10/h2-4H2,1H3,(H,11,12). The minimum absolute atomic E-state index is 0.118. The van der Waals surface area contributed by atoms with Crippen LogP contribution in [0.5, 0.6) is 0 Å². The lowest BCUT2D eigenvalue weighted by molar-refractivity contribution is -0.136.